The molecule has 2 N–H and O–H groups in total. The number of nitrogens with one attached hydrogen (secondary N) is 2. The van der Waals surface area contributed by atoms with E-state index in [0.29, 0.717) is 22.1 Å². The van der Waals surface area contributed by atoms with Crippen LogP contribution in [0.4, 0.5) is 11.4 Å². The maximum absolute atomic E-state index is 12.0. The van der Waals surface area contributed by atoms with Crippen molar-refractivity contribution in [3.63, 3.8) is 0 Å². The van der Waals surface area contributed by atoms with Crippen molar-refractivity contribution in [1.82, 2.24) is 0 Å². The van der Waals surface area contributed by atoms with Gasteiger partial charge in [-0.3, -0.25) is 9.59 Å². The highest BCUT2D eigenvalue weighted by molar-refractivity contribution is 6.30. The minimum atomic E-state index is -0.492. The van der Waals surface area contributed by atoms with Gasteiger partial charge in [0.25, 0.3) is 5.91 Å². The molecule has 0 aliphatic carbocycles. The molecule has 0 aliphatic heterocycles. The lowest BCUT2D eigenvalue weighted by atomic mass is 9.95. The Kier molecular flexibility index (Phi) is 6.04. The zero-order chi connectivity index (χ0) is 18.4. The SMILES string of the molecule is CC(C)(C)C(=O)Nc1cccc(OCC(=O)Nc2cccc(Cl)c2)c1. The van der Waals surface area contributed by atoms with E-state index in [0.717, 1.165) is 0 Å². The highest BCUT2D eigenvalue weighted by atomic mass is 35.5. The maximum Gasteiger partial charge on any atom is 0.262 e. The summed E-state index contributed by atoms with van der Waals surface area (Å²) in [4.78, 5) is 24.0. The number of ether oxygens (including phenoxy) is 1. The lowest BCUT2D eigenvalue weighted by molar-refractivity contribution is -0.123. The first-order chi connectivity index (χ1) is 11.7. The van der Waals surface area contributed by atoms with E-state index < -0.39 is 5.41 Å². The molecule has 0 aliphatic rings. The second-order valence-electron chi connectivity index (χ2n) is 6.58. The lowest BCUT2D eigenvalue weighted by Gasteiger charge is -2.18. The number of carbonyl (C=O) groups excluding carboxylic acids is 2. The summed E-state index contributed by atoms with van der Waals surface area (Å²) in [5.41, 5.74) is 0.730. The van der Waals surface area contributed by atoms with Gasteiger partial charge in [0.15, 0.2) is 6.61 Å². The lowest BCUT2D eigenvalue weighted by Crippen LogP contribution is -2.27. The van der Waals surface area contributed by atoms with Crippen molar-refractivity contribution in [2.24, 2.45) is 5.41 Å². The van der Waals surface area contributed by atoms with Gasteiger partial charge in [-0.15, -0.1) is 0 Å². The first-order valence-electron chi connectivity index (χ1n) is 7.84. The Bertz CT molecular complexity index is 769. The molecule has 5 nitrogen and oxygen atoms in total. The van der Waals surface area contributed by atoms with Crippen LogP contribution in [0.1, 0.15) is 20.8 Å². The summed E-state index contributed by atoms with van der Waals surface area (Å²) >= 11 is 5.88. The summed E-state index contributed by atoms with van der Waals surface area (Å²) < 4.78 is 5.48. The van der Waals surface area contributed by atoms with E-state index in [1.807, 2.05) is 20.8 Å². The number of amides is 2. The van der Waals surface area contributed by atoms with E-state index in [2.05, 4.69) is 10.6 Å². The minimum Gasteiger partial charge on any atom is -0.484 e. The first kappa shape index (κ1) is 18.8. The number of rotatable bonds is 5. The molecule has 0 saturated carbocycles. The van der Waals surface area contributed by atoms with Gasteiger partial charge in [-0.05, 0) is 30.3 Å². The molecule has 0 aromatic heterocycles. The van der Waals surface area contributed by atoms with Gasteiger partial charge in [0.2, 0.25) is 5.91 Å². The molecule has 0 fully saturated rings. The van der Waals surface area contributed by atoms with Gasteiger partial charge in [-0.2, -0.15) is 0 Å². The fourth-order valence-electron chi connectivity index (χ4n) is 1.89. The van der Waals surface area contributed by atoms with Crippen molar-refractivity contribution in [3.8, 4) is 5.75 Å². The van der Waals surface area contributed by atoms with Crippen molar-refractivity contribution in [1.29, 1.82) is 0 Å². The Hall–Kier alpha value is -2.53. The Morgan fingerprint density at radius 1 is 1.00 bits per heavy atom. The molecule has 6 heteroatoms. The van der Waals surface area contributed by atoms with Crippen LogP contribution in [0.5, 0.6) is 5.75 Å². The molecule has 0 bridgehead atoms. The summed E-state index contributed by atoms with van der Waals surface area (Å²) in [5, 5.41) is 6.07. The smallest absolute Gasteiger partial charge is 0.262 e. The average molecular weight is 361 g/mol. The largest absolute Gasteiger partial charge is 0.484 e. The van der Waals surface area contributed by atoms with Gasteiger partial charge >= 0.3 is 0 Å². The third-order valence-electron chi connectivity index (χ3n) is 3.25. The summed E-state index contributed by atoms with van der Waals surface area (Å²) in [5.74, 6) is 0.0997. The third kappa shape index (κ3) is 6.12. The number of halogens is 1. The second kappa shape index (κ2) is 8.03. The Balaban J connectivity index is 1.91. The van der Waals surface area contributed by atoms with Gasteiger partial charge in [0.1, 0.15) is 5.75 Å². The van der Waals surface area contributed by atoms with Crippen LogP contribution in [-0.4, -0.2) is 18.4 Å². The van der Waals surface area contributed by atoms with Gasteiger partial charge in [-0.25, -0.2) is 0 Å². The molecule has 2 aromatic rings. The molecule has 0 saturated heterocycles. The standard InChI is InChI=1S/C19H21ClN2O3/c1-19(2,3)18(24)22-15-8-5-9-16(11-15)25-12-17(23)21-14-7-4-6-13(20)10-14/h4-11H,12H2,1-3H3,(H,21,23)(H,22,24). The summed E-state index contributed by atoms with van der Waals surface area (Å²) in [7, 11) is 0. The van der Waals surface area contributed by atoms with Crippen molar-refractivity contribution in [2.75, 3.05) is 17.2 Å². The van der Waals surface area contributed by atoms with Crippen LogP contribution in [0.2, 0.25) is 5.02 Å². The van der Waals surface area contributed by atoms with Crippen LogP contribution >= 0.6 is 11.6 Å². The molecule has 0 atom stereocenters. The monoisotopic (exact) mass is 360 g/mol. The predicted molar refractivity (Wildman–Crippen MR) is 100 cm³/mol. The van der Waals surface area contributed by atoms with Gasteiger partial charge < -0.3 is 15.4 Å². The van der Waals surface area contributed by atoms with Crippen LogP contribution in [-0.2, 0) is 9.59 Å². The van der Waals surface area contributed by atoms with Crippen LogP contribution in [0.25, 0.3) is 0 Å². The molecule has 25 heavy (non-hydrogen) atoms. The van der Waals surface area contributed by atoms with E-state index >= 15 is 0 Å². The summed E-state index contributed by atoms with van der Waals surface area (Å²) in [6, 6.07) is 13.8. The summed E-state index contributed by atoms with van der Waals surface area (Å²) in [6.45, 7) is 5.36. The van der Waals surface area contributed by atoms with E-state index in [9.17, 15) is 9.59 Å². The Morgan fingerprint density at radius 2 is 1.64 bits per heavy atom. The van der Waals surface area contributed by atoms with Crippen LogP contribution in [0.3, 0.4) is 0 Å². The molecule has 132 valence electrons. The van der Waals surface area contributed by atoms with E-state index in [-0.39, 0.29) is 18.4 Å². The van der Waals surface area contributed by atoms with Gasteiger partial charge in [-0.1, -0.05) is 44.5 Å². The van der Waals surface area contributed by atoms with Crippen LogP contribution in [0, 0.1) is 5.41 Å². The van der Waals surface area contributed by atoms with Crippen molar-refractivity contribution < 1.29 is 14.3 Å². The number of carbonyl (C=O) groups is 2. The quantitative estimate of drug-likeness (QED) is 0.833. The molecule has 2 aromatic carbocycles. The highest BCUT2D eigenvalue weighted by Gasteiger charge is 2.21. The van der Waals surface area contributed by atoms with Crippen LogP contribution < -0.4 is 15.4 Å². The predicted octanol–water partition coefficient (Wildman–Crippen LogP) is 4.34. The number of anilines is 2. The van der Waals surface area contributed by atoms with E-state index in [1.54, 1.807) is 48.5 Å². The number of benzene rings is 2. The molecule has 0 unspecified atom stereocenters. The second-order valence-corrected chi connectivity index (χ2v) is 7.02. The number of hydrogen-bond acceptors (Lipinski definition) is 3. The molecular weight excluding hydrogens is 340 g/mol. The third-order valence-corrected chi connectivity index (χ3v) is 3.49. The molecule has 2 rings (SSSR count). The molecule has 0 spiro atoms. The Labute approximate surface area is 152 Å². The molecule has 2 amide bonds. The normalized spacial score (nSPS) is 10.9. The first-order valence-corrected chi connectivity index (χ1v) is 8.21. The molecule has 0 radical (unpaired) electrons. The number of hydrogen-bond donors (Lipinski definition) is 2. The maximum atomic E-state index is 12.0. The fraction of sp³-hybridized carbons (Fsp3) is 0.263. The zero-order valence-corrected chi connectivity index (χ0v) is 15.2. The summed E-state index contributed by atoms with van der Waals surface area (Å²) in [6.07, 6.45) is 0. The zero-order valence-electron chi connectivity index (χ0n) is 14.4. The van der Waals surface area contributed by atoms with Gasteiger partial charge in [0.05, 0.1) is 0 Å². The minimum absolute atomic E-state index is 0.0941. The Morgan fingerprint density at radius 3 is 2.28 bits per heavy atom. The fourth-order valence-corrected chi connectivity index (χ4v) is 2.08. The van der Waals surface area contributed by atoms with E-state index in [4.69, 9.17) is 16.3 Å². The van der Waals surface area contributed by atoms with Gasteiger partial charge in [0, 0.05) is 27.9 Å². The van der Waals surface area contributed by atoms with Crippen molar-refractivity contribution in [3.05, 3.63) is 53.6 Å². The topological polar surface area (TPSA) is 67.4 Å². The van der Waals surface area contributed by atoms with Crippen molar-refractivity contribution in [2.45, 2.75) is 20.8 Å². The average Bonchev–Trinajstić information content (AvgIpc) is 2.52. The molecular formula is C19H21ClN2O3. The molecule has 0 heterocycles. The highest BCUT2D eigenvalue weighted by Crippen LogP contribution is 2.21. The van der Waals surface area contributed by atoms with Crippen LogP contribution in [0.15, 0.2) is 48.5 Å². The van der Waals surface area contributed by atoms with Crippen molar-refractivity contribution >= 4 is 34.8 Å². The van der Waals surface area contributed by atoms with E-state index in [1.165, 1.54) is 0 Å².